The van der Waals surface area contributed by atoms with Gasteiger partial charge in [-0.1, -0.05) is 12.1 Å². The number of imidazole rings is 1. The third-order valence-electron chi connectivity index (χ3n) is 3.59. The normalized spacial score (nSPS) is 10.9. The van der Waals surface area contributed by atoms with E-state index in [0.717, 1.165) is 5.75 Å². The average Bonchev–Trinajstić information content (AvgIpc) is 2.72. The van der Waals surface area contributed by atoms with Crippen molar-refractivity contribution in [2.45, 2.75) is 0 Å². The molecule has 96 valence electrons. The number of benzene rings is 2. The number of nitrogens with zero attached hydrogens (tertiary/aromatic N) is 2. The first kappa shape index (κ1) is 11.8. The summed E-state index contributed by atoms with van der Waals surface area (Å²) in [4.78, 5) is 0. The highest BCUT2D eigenvalue weighted by Crippen LogP contribution is 2.23. The molecule has 1 heterocycles. The Hall–Kier alpha value is -2.29. The molecule has 0 unspecified atom stereocenters. The zero-order valence-corrected chi connectivity index (χ0v) is 11.4. The van der Waals surface area contributed by atoms with E-state index in [-0.39, 0.29) is 0 Å². The van der Waals surface area contributed by atoms with E-state index in [4.69, 9.17) is 4.74 Å². The van der Waals surface area contributed by atoms with Crippen molar-refractivity contribution in [3.8, 4) is 17.1 Å². The molecule has 3 nitrogen and oxygen atoms in total. The number of methoxy groups -OCH3 is 1. The number of hydrogen-bond donors (Lipinski definition) is 0. The maximum atomic E-state index is 5.21. The molecule has 0 spiro atoms. The lowest BCUT2D eigenvalue weighted by atomic mass is 10.2. The Morgan fingerprint density at radius 1 is 1.00 bits per heavy atom. The number of rotatable bonds is 2. The van der Waals surface area contributed by atoms with Crippen molar-refractivity contribution in [2.75, 3.05) is 7.11 Å². The third kappa shape index (κ3) is 1.78. The lowest BCUT2D eigenvalue weighted by molar-refractivity contribution is -0.634. The molecule has 0 atom stereocenters. The van der Waals surface area contributed by atoms with Crippen molar-refractivity contribution in [2.24, 2.45) is 14.1 Å². The zero-order valence-electron chi connectivity index (χ0n) is 11.4. The Balaban J connectivity index is 2.24. The Morgan fingerprint density at radius 2 is 1.68 bits per heavy atom. The maximum absolute atomic E-state index is 5.21. The summed E-state index contributed by atoms with van der Waals surface area (Å²) in [6.07, 6.45) is 0. The molecule has 0 aliphatic rings. The molecule has 0 aliphatic carbocycles. The summed E-state index contributed by atoms with van der Waals surface area (Å²) in [5.74, 6) is 2.06. The third-order valence-corrected chi connectivity index (χ3v) is 3.59. The summed E-state index contributed by atoms with van der Waals surface area (Å²) >= 11 is 0. The number of hydrogen-bond acceptors (Lipinski definition) is 1. The van der Waals surface area contributed by atoms with Crippen molar-refractivity contribution in [1.82, 2.24) is 4.57 Å². The first-order chi connectivity index (χ1) is 9.22. The van der Waals surface area contributed by atoms with Crippen LogP contribution in [-0.2, 0) is 14.1 Å². The van der Waals surface area contributed by atoms with Crippen LogP contribution in [0.25, 0.3) is 22.4 Å². The van der Waals surface area contributed by atoms with Gasteiger partial charge in [0, 0.05) is 0 Å². The van der Waals surface area contributed by atoms with Gasteiger partial charge >= 0.3 is 0 Å². The Morgan fingerprint density at radius 3 is 2.32 bits per heavy atom. The standard InChI is InChI=1S/C16H17N2O/c1-17-14-6-4-5-7-15(14)18(2)16(17)12-8-10-13(19-3)11-9-12/h4-11H,1-3H3/q+1. The Bertz CT molecular complexity index is 687. The van der Waals surface area contributed by atoms with Gasteiger partial charge < -0.3 is 4.74 Å². The highest BCUT2D eigenvalue weighted by molar-refractivity contribution is 5.75. The second kappa shape index (κ2) is 4.43. The highest BCUT2D eigenvalue weighted by Gasteiger charge is 2.20. The molecule has 0 saturated heterocycles. The first-order valence-corrected chi connectivity index (χ1v) is 6.30. The molecule has 0 fully saturated rings. The van der Waals surface area contributed by atoms with Crippen LogP contribution in [0.3, 0.4) is 0 Å². The second-order valence-corrected chi connectivity index (χ2v) is 4.66. The van der Waals surface area contributed by atoms with Crippen LogP contribution in [0.2, 0.25) is 0 Å². The number of fused-ring (bicyclic) bond motifs is 1. The van der Waals surface area contributed by atoms with E-state index in [1.807, 2.05) is 12.1 Å². The smallest absolute Gasteiger partial charge is 0.289 e. The van der Waals surface area contributed by atoms with E-state index in [2.05, 4.69) is 59.6 Å². The van der Waals surface area contributed by atoms with Crippen molar-refractivity contribution in [1.29, 1.82) is 0 Å². The monoisotopic (exact) mass is 253 g/mol. The quantitative estimate of drug-likeness (QED) is 0.642. The summed E-state index contributed by atoms with van der Waals surface area (Å²) < 4.78 is 9.65. The van der Waals surface area contributed by atoms with Crippen LogP contribution < -0.4 is 9.30 Å². The molecule has 0 aliphatic heterocycles. The van der Waals surface area contributed by atoms with Crippen molar-refractivity contribution >= 4 is 11.0 Å². The Kier molecular flexibility index (Phi) is 2.75. The van der Waals surface area contributed by atoms with Crippen LogP contribution in [0.1, 0.15) is 0 Å². The van der Waals surface area contributed by atoms with Crippen LogP contribution in [0.5, 0.6) is 5.75 Å². The van der Waals surface area contributed by atoms with Crippen LogP contribution >= 0.6 is 0 Å². The minimum absolute atomic E-state index is 0.880. The molecular formula is C16H17N2O+. The zero-order chi connectivity index (χ0) is 13.4. The number of aromatic nitrogens is 2. The molecule has 19 heavy (non-hydrogen) atoms. The van der Waals surface area contributed by atoms with Crippen LogP contribution in [-0.4, -0.2) is 11.7 Å². The van der Waals surface area contributed by atoms with Gasteiger partial charge in [0.05, 0.1) is 26.8 Å². The molecule has 0 radical (unpaired) electrons. The summed E-state index contributed by atoms with van der Waals surface area (Å²) in [5, 5.41) is 0. The molecular weight excluding hydrogens is 236 g/mol. The molecule has 3 rings (SSSR count). The summed E-state index contributed by atoms with van der Waals surface area (Å²) in [6, 6.07) is 16.6. The molecule has 2 aromatic carbocycles. The van der Waals surface area contributed by atoms with Gasteiger partial charge in [-0.25, -0.2) is 9.13 Å². The molecule has 0 amide bonds. The van der Waals surface area contributed by atoms with Gasteiger partial charge in [-0.15, -0.1) is 0 Å². The predicted molar refractivity (Wildman–Crippen MR) is 76.1 cm³/mol. The van der Waals surface area contributed by atoms with E-state index >= 15 is 0 Å². The van der Waals surface area contributed by atoms with Gasteiger partial charge in [0.15, 0.2) is 11.0 Å². The molecule has 3 heteroatoms. The van der Waals surface area contributed by atoms with Gasteiger partial charge in [0.25, 0.3) is 5.82 Å². The minimum atomic E-state index is 0.880. The lowest BCUT2D eigenvalue weighted by Gasteiger charge is -2.01. The van der Waals surface area contributed by atoms with E-state index in [9.17, 15) is 0 Å². The maximum Gasteiger partial charge on any atom is 0.289 e. The highest BCUT2D eigenvalue weighted by atomic mass is 16.5. The van der Waals surface area contributed by atoms with E-state index in [1.165, 1.54) is 22.4 Å². The lowest BCUT2D eigenvalue weighted by Crippen LogP contribution is -2.29. The van der Waals surface area contributed by atoms with Crippen LogP contribution in [0.15, 0.2) is 48.5 Å². The fraction of sp³-hybridized carbons (Fsp3) is 0.188. The topological polar surface area (TPSA) is 18.0 Å². The van der Waals surface area contributed by atoms with Crippen LogP contribution in [0, 0.1) is 0 Å². The van der Waals surface area contributed by atoms with E-state index in [1.54, 1.807) is 7.11 Å². The average molecular weight is 253 g/mol. The van der Waals surface area contributed by atoms with Gasteiger partial charge in [-0.2, -0.15) is 0 Å². The summed E-state index contributed by atoms with van der Waals surface area (Å²) in [7, 11) is 5.88. The molecule has 0 saturated carbocycles. The fourth-order valence-corrected chi connectivity index (χ4v) is 2.61. The van der Waals surface area contributed by atoms with Gasteiger partial charge in [0.1, 0.15) is 5.75 Å². The predicted octanol–water partition coefficient (Wildman–Crippen LogP) is 2.68. The molecule has 1 aromatic heterocycles. The molecule has 3 aromatic rings. The largest absolute Gasteiger partial charge is 0.497 e. The van der Waals surface area contributed by atoms with Crippen molar-refractivity contribution in [3.05, 3.63) is 48.5 Å². The van der Waals surface area contributed by atoms with Gasteiger partial charge in [0.2, 0.25) is 0 Å². The van der Waals surface area contributed by atoms with Gasteiger partial charge in [-0.3, -0.25) is 0 Å². The Labute approximate surface area is 112 Å². The van der Waals surface area contributed by atoms with E-state index in [0.29, 0.717) is 0 Å². The minimum Gasteiger partial charge on any atom is -0.497 e. The summed E-state index contributed by atoms with van der Waals surface area (Å²) in [6.45, 7) is 0. The summed E-state index contributed by atoms with van der Waals surface area (Å²) in [5.41, 5.74) is 3.65. The van der Waals surface area contributed by atoms with Crippen molar-refractivity contribution in [3.63, 3.8) is 0 Å². The van der Waals surface area contributed by atoms with Gasteiger partial charge in [-0.05, 0) is 36.4 Å². The van der Waals surface area contributed by atoms with E-state index < -0.39 is 0 Å². The fourth-order valence-electron chi connectivity index (χ4n) is 2.61. The number of aryl methyl sites for hydroxylation is 2. The molecule has 0 N–H and O–H groups in total. The molecule has 0 bridgehead atoms. The SMILES string of the molecule is COc1ccc(-c2n(C)c3ccccc3[n+]2C)cc1. The van der Waals surface area contributed by atoms with Crippen molar-refractivity contribution < 1.29 is 9.30 Å². The van der Waals surface area contributed by atoms with Crippen LogP contribution in [0.4, 0.5) is 0 Å². The number of ether oxygens (including phenoxy) is 1. The second-order valence-electron chi connectivity index (χ2n) is 4.66. The first-order valence-electron chi connectivity index (χ1n) is 6.30. The number of para-hydroxylation sites is 2.